The first-order chi connectivity index (χ1) is 14.7. The third-order valence-corrected chi connectivity index (χ3v) is 8.33. The SMILES string of the molecule is O=C(NCC12CC3CC(CC(C3)C1)C2)c1cccc2nc(CSc3ncc[nH]3)cn12. The molecule has 4 fully saturated rings. The first-order valence-corrected chi connectivity index (χ1v) is 12.0. The summed E-state index contributed by atoms with van der Waals surface area (Å²) in [5.74, 6) is 3.43. The molecule has 0 spiro atoms. The third kappa shape index (κ3) is 3.33. The van der Waals surface area contributed by atoms with Gasteiger partial charge in [-0.2, -0.15) is 0 Å². The maximum Gasteiger partial charge on any atom is 0.268 e. The molecule has 4 bridgehead atoms. The number of hydrogen-bond acceptors (Lipinski definition) is 4. The van der Waals surface area contributed by atoms with Gasteiger partial charge in [0.05, 0.1) is 5.69 Å². The molecule has 1 amide bonds. The number of hydrogen-bond donors (Lipinski definition) is 2. The van der Waals surface area contributed by atoms with Gasteiger partial charge in [0, 0.05) is 30.9 Å². The lowest BCUT2D eigenvalue weighted by atomic mass is 9.49. The average molecular weight is 422 g/mol. The summed E-state index contributed by atoms with van der Waals surface area (Å²) in [4.78, 5) is 25.2. The standard InChI is InChI=1S/C23H27N5OS/c29-21(26-14-23-9-15-6-16(10-23)8-17(7-15)11-23)19-2-1-3-20-27-18(12-28(19)20)13-30-22-24-4-5-25-22/h1-5,12,15-17H,6-11,13-14H2,(H,24,25)(H,26,29). The number of pyridine rings is 1. The molecule has 156 valence electrons. The van der Waals surface area contributed by atoms with E-state index in [1.165, 1.54) is 38.5 Å². The molecule has 7 heteroatoms. The lowest BCUT2D eigenvalue weighted by Crippen LogP contribution is -2.51. The monoisotopic (exact) mass is 421 g/mol. The van der Waals surface area contributed by atoms with E-state index in [1.54, 1.807) is 18.0 Å². The maximum atomic E-state index is 13.1. The number of nitrogens with one attached hydrogen (secondary N) is 2. The fourth-order valence-corrected chi connectivity index (χ4v) is 7.36. The van der Waals surface area contributed by atoms with Gasteiger partial charge in [-0.3, -0.25) is 9.20 Å². The number of rotatable bonds is 6. The molecule has 4 saturated carbocycles. The molecule has 3 aromatic rings. The predicted octanol–water partition coefficient (Wildman–Crippen LogP) is 4.30. The molecule has 0 unspecified atom stereocenters. The molecule has 0 aromatic carbocycles. The zero-order chi connectivity index (χ0) is 20.1. The van der Waals surface area contributed by atoms with Crippen molar-refractivity contribution in [1.29, 1.82) is 0 Å². The first-order valence-electron chi connectivity index (χ1n) is 11.0. The van der Waals surface area contributed by atoms with Crippen LogP contribution in [0.4, 0.5) is 0 Å². The fraction of sp³-hybridized carbons (Fsp3) is 0.522. The van der Waals surface area contributed by atoms with Gasteiger partial charge in [0.2, 0.25) is 0 Å². The molecule has 30 heavy (non-hydrogen) atoms. The number of nitrogens with zero attached hydrogens (tertiary/aromatic N) is 3. The highest BCUT2D eigenvalue weighted by Gasteiger charge is 2.50. The lowest BCUT2D eigenvalue weighted by Gasteiger charge is -2.56. The van der Waals surface area contributed by atoms with Gasteiger partial charge in [-0.1, -0.05) is 17.8 Å². The molecule has 2 N–H and O–H groups in total. The van der Waals surface area contributed by atoms with E-state index in [2.05, 4.69) is 15.3 Å². The molecule has 3 aromatic heterocycles. The van der Waals surface area contributed by atoms with Gasteiger partial charge in [0.1, 0.15) is 11.3 Å². The summed E-state index contributed by atoms with van der Waals surface area (Å²) in [6.07, 6.45) is 13.8. The van der Waals surface area contributed by atoms with Gasteiger partial charge < -0.3 is 10.3 Å². The van der Waals surface area contributed by atoms with Gasteiger partial charge in [-0.05, 0) is 73.8 Å². The molecular weight excluding hydrogens is 394 g/mol. The van der Waals surface area contributed by atoms with Crippen molar-refractivity contribution in [2.24, 2.45) is 23.2 Å². The molecular formula is C23H27N5OS. The molecule has 0 atom stereocenters. The molecule has 7 rings (SSSR count). The minimum atomic E-state index is 0.0129. The van der Waals surface area contributed by atoms with E-state index in [9.17, 15) is 4.79 Å². The van der Waals surface area contributed by atoms with Crippen LogP contribution < -0.4 is 5.32 Å². The summed E-state index contributed by atoms with van der Waals surface area (Å²) >= 11 is 1.61. The molecule has 4 aliphatic rings. The van der Waals surface area contributed by atoms with E-state index in [0.29, 0.717) is 16.9 Å². The Balaban J connectivity index is 1.17. The zero-order valence-corrected chi connectivity index (χ0v) is 17.8. The van der Waals surface area contributed by atoms with Crippen molar-refractivity contribution in [3.63, 3.8) is 0 Å². The number of amides is 1. The zero-order valence-electron chi connectivity index (χ0n) is 17.0. The Morgan fingerprint density at radius 2 is 1.97 bits per heavy atom. The number of carbonyl (C=O) groups excluding carboxylic acids is 1. The number of imidazole rings is 2. The van der Waals surface area contributed by atoms with Crippen LogP contribution in [-0.2, 0) is 5.75 Å². The maximum absolute atomic E-state index is 13.1. The van der Waals surface area contributed by atoms with Crippen molar-refractivity contribution in [3.05, 3.63) is 48.2 Å². The Hall–Kier alpha value is -2.28. The Kier molecular flexibility index (Phi) is 4.41. The van der Waals surface area contributed by atoms with Crippen LogP contribution in [-0.4, -0.2) is 31.8 Å². The van der Waals surface area contributed by atoms with Gasteiger partial charge in [0.25, 0.3) is 5.91 Å². The molecule has 6 nitrogen and oxygen atoms in total. The number of fused-ring (bicyclic) bond motifs is 1. The van der Waals surface area contributed by atoms with Crippen molar-refractivity contribution in [2.75, 3.05) is 6.54 Å². The summed E-state index contributed by atoms with van der Waals surface area (Å²) in [5.41, 5.74) is 2.77. The summed E-state index contributed by atoms with van der Waals surface area (Å²) < 4.78 is 1.92. The number of aromatic nitrogens is 4. The number of H-pyrrole nitrogens is 1. The van der Waals surface area contributed by atoms with Crippen LogP contribution in [0, 0.1) is 23.2 Å². The lowest BCUT2D eigenvalue weighted by molar-refractivity contribution is -0.0503. The van der Waals surface area contributed by atoms with Crippen LogP contribution >= 0.6 is 11.8 Å². The first kappa shape index (κ1) is 18.5. The predicted molar refractivity (Wildman–Crippen MR) is 116 cm³/mol. The summed E-state index contributed by atoms with van der Waals surface area (Å²) in [7, 11) is 0. The van der Waals surface area contributed by atoms with E-state index in [1.807, 2.05) is 35.0 Å². The minimum absolute atomic E-state index is 0.0129. The molecule has 0 aliphatic heterocycles. The van der Waals surface area contributed by atoms with Gasteiger partial charge in [-0.25, -0.2) is 9.97 Å². The van der Waals surface area contributed by atoms with Crippen molar-refractivity contribution in [1.82, 2.24) is 24.7 Å². The Labute approximate surface area is 180 Å². The summed E-state index contributed by atoms with van der Waals surface area (Å²) in [6, 6.07) is 5.77. The van der Waals surface area contributed by atoms with Crippen LogP contribution in [0.5, 0.6) is 0 Å². The van der Waals surface area contributed by atoms with Crippen molar-refractivity contribution in [3.8, 4) is 0 Å². The Bertz CT molecular complexity index is 1040. The molecule has 0 radical (unpaired) electrons. The average Bonchev–Trinajstić information content (AvgIpc) is 3.38. The Morgan fingerprint density at radius 3 is 2.67 bits per heavy atom. The van der Waals surface area contributed by atoms with Crippen LogP contribution in [0.1, 0.15) is 54.7 Å². The number of carbonyl (C=O) groups is 1. The van der Waals surface area contributed by atoms with Crippen LogP contribution in [0.3, 0.4) is 0 Å². The second-order valence-electron chi connectivity index (χ2n) is 9.65. The van der Waals surface area contributed by atoms with E-state index in [-0.39, 0.29) is 5.91 Å². The van der Waals surface area contributed by atoms with Gasteiger partial charge in [0.15, 0.2) is 5.16 Å². The second kappa shape index (κ2) is 7.15. The third-order valence-electron chi connectivity index (χ3n) is 7.39. The topological polar surface area (TPSA) is 75.1 Å². The van der Waals surface area contributed by atoms with Crippen LogP contribution in [0.25, 0.3) is 5.65 Å². The normalized spacial score (nSPS) is 29.5. The van der Waals surface area contributed by atoms with E-state index in [0.717, 1.165) is 40.8 Å². The molecule has 4 aliphatic carbocycles. The highest BCUT2D eigenvalue weighted by atomic mass is 32.2. The number of thioether (sulfide) groups is 1. The summed E-state index contributed by atoms with van der Waals surface area (Å²) in [6.45, 7) is 0.821. The number of aromatic amines is 1. The van der Waals surface area contributed by atoms with E-state index in [4.69, 9.17) is 4.98 Å². The van der Waals surface area contributed by atoms with Crippen molar-refractivity contribution in [2.45, 2.75) is 49.4 Å². The molecule has 0 saturated heterocycles. The van der Waals surface area contributed by atoms with E-state index < -0.39 is 0 Å². The van der Waals surface area contributed by atoms with Crippen molar-refractivity contribution >= 4 is 23.3 Å². The largest absolute Gasteiger partial charge is 0.350 e. The Morgan fingerprint density at radius 1 is 1.20 bits per heavy atom. The van der Waals surface area contributed by atoms with Gasteiger partial charge >= 0.3 is 0 Å². The minimum Gasteiger partial charge on any atom is -0.350 e. The second-order valence-corrected chi connectivity index (χ2v) is 10.6. The fourth-order valence-electron chi connectivity index (χ4n) is 6.65. The summed E-state index contributed by atoms with van der Waals surface area (Å²) in [5, 5.41) is 4.18. The van der Waals surface area contributed by atoms with Crippen LogP contribution in [0.2, 0.25) is 0 Å². The smallest absolute Gasteiger partial charge is 0.268 e. The van der Waals surface area contributed by atoms with E-state index >= 15 is 0 Å². The quantitative estimate of drug-likeness (QED) is 0.582. The highest BCUT2D eigenvalue weighted by Crippen LogP contribution is 2.59. The van der Waals surface area contributed by atoms with Crippen molar-refractivity contribution < 1.29 is 4.79 Å². The van der Waals surface area contributed by atoms with Crippen LogP contribution in [0.15, 0.2) is 41.9 Å². The van der Waals surface area contributed by atoms with Gasteiger partial charge in [-0.15, -0.1) is 0 Å². The highest BCUT2D eigenvalue weighted by molar-refractivity contribution is 7.98. The molecule has 3 heterocycles.